The Kier molecular flexibility index (Phi) is 5.72. The molecule has 0 saturated heterocycles. The van der Waals surface area contributed by atoms with E-state index in [0.717, 1.165) is 22.6 Å². The number of anilines is 1. The zero-order valence-corrected chi connectivity index (χ0v) is 17.5. The first-order valence-electron chi connectivity index (χ1n) is 8.74. The first-order chi connectivity index (χ1) is 14.0. The Morgan fingerprint density at radius 1 is 1.21 bits per heavy atom. The van der Waals surface area contributed by atoms with Crippen LogP contribution in [0.4, 0.5) is 10.2 Å². The molecule has 2 N–H and O–H groups in total. The molecular weight excluding hydrogens is 463 g/mol. The molecule has 29 heavy (non-hydrogen) atoms. The molecule has 3 aromatic rings. The van der Waals surface area contributed by atoms with Gasteiger partial charge in [0.05, 0.1) is 5.69 Å². The summed E-state index contributed by atoms with van der Waals surface area (Å²) in [6, 6.07) is 9.11. The number of furan rings is 1. The van der Waals surface area contributed by atoms with Crippen molar-refractivity contribution in [2.45, 2.75) is 24.6 Å². The SMILES string of the molecule is O=C(Cn1nc2c(c1NC(=O)c1ccc(Br)o1)CSC2)NCc1ccc(F)cc1. The van der Waals surface area contributed by atoms with Crippen LogP contribution in [0, 0.1) is 5.82 Å². The van der Waals surface area contributed by atoms with Crippen molar-refractivity contribution in [3.63, 3.8) is 0 Å². The lowest BCUT2D eigenvalue weighted by Crippen LogP contribution is -2.28. The third kappa shape index (κ3) is 4.54. The lowest BCUT2D eigenvalue weighted by Gasteiger charge is -2.11. The second-order valence-electron chi connectivity index (χ2n) is 6.39. The molecule has 0 radical (unpaired) electrons. The van der Waals surface area contributed by atoms with E-state index >= 15 is 0 Å². The second-order valence-corrected chi connectivity index (χ2v) is 8.15. The molecule has 0 bridgehead atoms. The first kappa shape index (κ1) is 19.7. The van der Waals surface area contributed by atoms with Gasteiger partial charge >= 0.3 is 0 Å². The van der Waals surface area contributed by atoms with Crippen LogP contribution in [-0.4, -0.2) is 21.6 Å². The largest absolute Gasteiger partial charge is 0.444 e. The van der Waals surface area contributed by atoms with Crippen molar-refractivity contribution in [2.75, 3.05) is 5.32 Å². The molecule has 0 fully saturated rings. The van der Waals surface area contributed by atoms with E-state index in [4.69, 9.17) is 4.42 Å². The number of thioether (sulfide) groups is 1. The highest BCUT2D eigenvalue weighted by atomic mass is 79.9. The molecule has 0 saturated carbocycles. The number of fused-ring (bicyclic) bond motifs is 1. The van der Waals surface area contributed by atoms with E-state index in [1.54, 1.807) is 36.0 Å². The third-order valence-electron chi connectivity index (χ3n) is 4.34. The van der Waals surface area contributed by atoms with E-state index in [1.165, 1.54) is 16.8 Å². The number of nitrogens with one attached hydrogen (secondary N) is 2. The number of benzene rings is 1. The Morgan fingerprint density at radius 3 is 2.72 bits per heavy atom. The number of carbonyl (C=O) groups excluding carboxylic acids is 2. The van der Waals surface area contributed by atoms with Gasteiger partial charge in [-0.05, 0) is 45.8 Å². The van der Waals surface area contributed by atoms with E-state index in [0.29, 0.717) is 16.2 Å². The summed E-state index contributed by atoms with van der Waals surface area (Å²) in [6.07, 6.45) is 0. The highest BCUT2D eigenvalue weighted by molar-refractivity contribution is 9.10. The van der Waals surface area contributed by atoms with Crippen molar-refractivity contribution in [1.82, 2.24) is 15.1 Å². The Hall–Kier alpha value is -2.59. The van der Waals surface area contributed by atoms with Gasteiger partial charge in [-0.25, -0.2) is 9.07 Å². The first-order valence-corrected chi connectivity index (χ1v) is 10.7. The summed E-state index contributed by atoms with van der Waals surface area (Å²) in [4.78, 5) is 24.9. The fraction of sp³-hybridized carbons (Fsp3) is 0.211. The molecule has 1 aliphatic heterocycles. The standard InChI is InChI=1S/C19H16BrFN4O3S/c20-16-6-5-15(28-16)19(27)23-18-13-9-29-10-14(13)24-25(18)8-17(26)22-7-11-1-3-12(21)4-2-11/h1-6H,7-10H2,(H,22,26)(H,23,27). The molecule has 2 aromatic heterocycles. The average molecular weight is 479 g/mol. The monoisotopic (exact) mass is 478 g/mol. The number of aromatic nitrogens is 2. The van der Waals surface area contributed by atoms with Crippen LogP contribution in [0.15, 0.2) is 45.5 Å². The maximum Gasteiger partial charge on any atom is 0.292 e. The van der Waals surface area contributed by atoms with Gasteiger partial charge in [-0.2, -0.15) is 16.9 Å². The molecule has 0 unspecified atom stereocenters. The van der Waals surface area contributed by atoms with Crippen LogP contribution in [0.1, 0.15) is 27.4 Å². The minimum absolute atomic E-state index is 0.0453. The van der Waals surface area contributed by atoms with Crippen LogP contribution in [0.2, 0.25) is 0 Å². The van der Waals surface area contributed by atoms with Crippen LogP contribution >= 0.6 is 27.7 Å². The lowest BCUT2D eigenvalue weighted by molar-refractivity contribution is -0.122. The fourth-order valence-corrected chi connectivity index (χ4v) is 4.26. The highest BCUT2D eigenvalue weighted by Crippen LogP contribution is 2.35. The zero-order chi connectivity index (χ0) is 20.4. The van der Waals surface area contributed by atoms with E-state index in [9.17, 15) is 14.0 Å². The molecule has 1 aliphatic rings. The van der Waals surface area contributed by atoms with Crippen molar-refractivity contribution in [3.05, 3.63) is 69.5 Å². The van der Waals surface area contributed by atoms with E-state index in [1.807, 2.05) is 0 Å². The molecule has 0 atom stereocenters. The molecule has 3 heterocycles. The second kappa shape index (κ2) is 8.42. The maximum atomic E-state index is 13.0. The van der Waals surface area contributed by atoms with E-state index < -0.39 is 5.91 Å². The van der Waals surface area contributed by atoms with Crippen molar-refractivity contribution < 1.29 is 18.4 Å². The van der Waals surface area contributed by atoms with Gasteiger partial charge in [-0.15, -0.1) is 0 Å². The minimum atomic E-state index is -0.414. The molecule has 0 aliphatic carbocycles. The van der Waals surface area contributed by atoms with Gasteiger partial charge in [-0.3, -0.25) is 9.59 Å². The molecule has 150 valence electrons. The van der Waals surface area contributed by atoms with Crippen LogP contribution in [0.5, 0.6) is 0 Å². The minimum Gasteiger partial charge on any atom is -0.444 e. The normalized spacial score (nSPS) is 12.6. The summed E-state index contributed by atoms with van der Waals surface area (Å²) in [5.74, 6) is 1.10. The van der Waals surface area contributed by atoms with E-state index in [2.05, 4.69) is 31.7 Å². The van der Waals surface area contributed by atoms with Gasteiger partial charge < -0.3 is 15.1 Å². The van der Waals surface area contributed by atoms with Gasteiger partial charge in [0.25, 0.3) is 5.91 Å². The predicted molar refractivity (Wildman–Crippen MR) is 110 cm³/mol. The van der Waals surface area contributed by atoms with Gasteiger partial charge in [0.1, 0.15) is 18.2 Å². The summed E-state index contributed by atoms with van der Waals surface area (Å²) in [5.41, 5.74) is 2.56. The number of nitrogens with zero attached hydrogens (tertiary/aromatic N) is 2. The molecule has 0 spiro atoms. The molecule has 10 heteroatoms. The number of hydrogen-bond acceptors (Lipinski definition) is 5. The summed E-state index contributed by atoms with van der Waals surface area (Å²) in [7, 11) is 0. The van der Waals surface area contributed by atoms with Crippen LogP contribution in [0.25, 0.3) is 0 Å². The highest BCUT2D eigenvalue weighted by Gasteiger charge is 2.25. The number of carbonyl (C=O) groups is 2. The predicted octanol–water partition coefficient (Wildman–Crippen LogP) is 3.69. The van der Waals surface area contributed by atoms with Crippen molar-refractivity contribution in [1.29, 1.82) is 0 Å². The van der Waals surface area contributed by atoms with Crippen LogP contribution in [-0.2, 0) is 29.4 Å². The number of hydrogen-bond donors (Lipinski definition) is 2. The Bertz CT molecular complexity index is 1060. The lowest BCUT2D eigenvalue weighted by atomic mass is 10.2. The summed E-state index contributed by atoms with van der Waals surface area (Å²) >= 11 is 4.87. The van der Waals surface area contributed by atoms with Crippen LogP contribution < -0.4 is 10.6 Å². The van der Waals surface area contributed by atoms with Gasteiger partial charge in [-0.1, -0.05) is 12.1 Å². The van der Waals surface area contributed by atoms with Gasteiger partial charge in [0.2, 0.25) is 5.91 Å². The van der Waals surface area contributed by atoms with Crippen molar-refractivity contribution in [3.8, 4) is 0 Å². The Balaban J connectivity index is 1.46. The summed E-state index contributed by atoms with van der Waals surface area (Å²) in [6.45, 7) is 0.231. The Morgan fingerprint density at radius 2 is 2.00 bits per heavy atom. The molecule has 2 amide bonds. The molecular formula is C19H16BrFN4O3S. The molecule has 7 nitrogen and oxygen atoms in total. The third-order valence-corrected chi connectivity index (χ3v) is 5.74. The summed E-state index contributed by atoms with van der Waals surface area (Å²) in [5, 5.41) is 10.1. The van der Waals surface area contributed by atoms with Crippen molar-refractivity contribution >= 4 is 45.3 Å². The smallest absolute Gasteiger partial charge is 0.292 e. The zero-order valence-electron chi connectivity index (χ0n) is 15.1. The number of halogens is 2. The van der Waals surface area contributed by atoms with E-state index in [-0.39, 0.29) is 30.6 Å². The quantitative estimate of drug-likeness (QED) is 0.563. The van der Waals surface area contributed by atoms with Crippen LogP contribution in [0.3, 0.4) is 0 Å². The molecule has 4 rings (SSSR count). The Labute approximate surface area is 178 Å². The number of amides is 2. The van der Waals surface area contributed by atoms with Gasteiger partial charge in [0, 0.05) is 23.6 Å². The maximum absolute atomic E-state index is 13.0. The average Bonchev–Trinajstić information content (AvgIpc) is 3.40. The number of rotatable bonds is 6. The fourth-order valence-electron chi connectivity index (χ4n) is 2.92. The van der Waals surface area contributed by atoms with Crippen molar-refractivity contribution in [2.24, 2.45) is 0 Å². The topological polar surface area (TPSA) is 89.2 Å². The summed E-state index contributed by atoms with van der Waals surface area (Å²) < 4.78 is 20.2. The van der Waals surface area contributed by atoms with Gasteiger partial charge in [0.15, 0.2) is 10.4 Å². The molecule has 1 aromatic carbocycles.